The van der Waals surface area contributed by atoms with Crippen LogP contribution in [0.4, 0.5) is 10.7 Å². The standard InChI is InChI=1S/C21H26N4O6S2/c1-13(19(27)23-20-15(18(22)26)8-11-32-20)31-21(28)16-12-14(33(29,30)24(2)3)6-7-17(16)25-9-4-5-10-25/h6-8,11-13H,4-5,9-10H2,1-3H3,(H2,22,26)(H,23,27). The van der Waals surface area contributed by atoms with Crippen LogP contribution >= 0.6 is 11.3 Å². The Hall–Kier alpha value is -2.96. The topological polar surface area (TPSA) is 139 Å². The number of primary amides is 1. The highest BCUT2D eigenvalue weighted by molar-refractivity contribution is 7.89. The summed E-state index contributed by atoms with van der Waals surface area (Å²) >= 11 is 1.11. The second-order valence-electron chi connectivity index (χ2n) is 7.72. The SMILES string of the molecule is CC(OC(=O)c1cc(S(=O)(=O)N(C)C)ccc1N1CCCC1)C(=O)Nc1sccc1C(N)=O. The smallest absolute Gasteiger partial charge is 0.341 e. The van der Waals surface area contributed by atoms with Gasteiger partial charge in [0.1, 0.15) is 5.00 Å². The Morgan fingerprint density at radius 3 is 2.42 bits per heavy atom. The third kappa shape index (κ3) is 5.34. The molecule has 2 amide bonds. The van der Waals surface area contributed by atoms with Gasteiger partial charge in [-0.3, -0.25) is 9.59 Å². The molecule has 1 aliphatic rings. The summed E-state index contributed by atoms with van der Waals surface area (Å²) in [7, 11) is -0.976. The van der Waals surface area contributed by atoms with Gasteiger partial charge in [-0.1, -0.05) is 0 Å². The van der Waals surface area contributed by atoms with E-state index < -0.39 is 33.9 Å². The van der Waals surface area contributed by atoms with Crippen LogP contribution in [0.3, 0.4) is 0 Å². The Bertz CT molecular complexity index is 1170. The molecule has 10 nitrogen and oxygen atoms in total. The fourth-order valence-electron chi connectivity index (χ4n) is 3.37. The number of carbonyl (C=O) groups excluding carboxylic acids is 3. The summed E-state index contributed by atoms with van der Waals surface area (Å²) in [5.41, 5.74) is 6.06. The summed E-state index contributed by atoms with van der Waals surface area (Å²) in [6.07, 6.45) is 0.697. The van der Waals surface area contributed by atoms with Crippen LogP contribution in [-0.4, -0.2) is 63.8 Å². The number of nitrogens with one attached hydrogen (secondary N) is 1. The van der Waals surface area contributed by atoms with E-state index in [4.69, 9.17) is 10.5 Å². The molecule has 1 aliphatic heterocycles. The molecule has 0 radical (unpaired) electrons. The lowest BCUT2D eigenvalue weighted by Crippen LogP contribution is -2.31. The van der Waals surface area contributed by atoms with Gasteiger partial charge >= 0.3 is 5.97 Å². The number of carbonyl (C=O) groups is 3. The number of rotatable bonds is 8. The van der Waals surface area contributed by atoms with Crippen LogP contribution in [0.1, 0.15) is 40.5 Å². The van der Waals surface area contributed by atoms with E-state index in [0.717, 1.165) is 41.6 Å². The first kappa shape index (κ1) is 24.7. The molecule has 1 aromatic carbocycles. The third-order valence-electron chi connectivity index (χ3n) is 5.23. The molecular formula is C21H26N4O6S2. The fraction of sp³-hybridized carbons (Fsp3) is 0.381. The lowest BCUT2D eigenvalue weighted by Gasteiger charge is -2.23. The Balaban J connectivity index is 1.85. The number of hydrogen-bond donors (Lipinski definition) is 2. The molecule has 1 atom stereocenters. The van der Waals surface area contributed by atoms with Gasteiger partial charge in [0.05, 0.1) is 21.7 Å². The highest BCUT2D eigenvalue weighted by Crippen LogP contribution is 2.29. The minimum atomic E-state index is -3.78. The van der Waals surface area contributed by atoms with E-state index in [0.29, 0.717) is 5.69 Å². The molecule has 1 saturated heterocycles. The third-order valence-corrected chi connectivity index (χ3v) is 7.87. The number of amides is 2. The van der Waals surface area contributed by atoms with Crippen molar-refractivity contribution in [3.8, 4) is 0 Å². The van der Waals surface area contributed by atoms with Gasteiger partial charge in [0.2, 0.25) is 10.0 Å². The van der Waals surface area contributed by atoms with Gasteiger partial charge in [-0.25, -0.2) is 17.5 Å². The quantitative estimate of drug-likeness (QED) is 0.534. The average Bonchev–Trinajstić information content (AvgIpc) is 3.45. The fourth-order valence-corrected chi connectivity index (χ4v) is 5.10. The second kappa shape index (κ2) is 9.89. The van der Waals surface area contributed by atoms with Crippen LogP contribution in [-0.2, 0) is 19.6 Å². The van der Waals surface area contributed by atoms with Crippen molar-refractivity contribution in [2.24, 2.45) is 5.73 Å². The zero-order valence-electron chi connectivity index (χ0n) is 18.5. The summed E-state index contributed by atoms with van der Waals surface area (Å²) in [6.45, 7) is 2.84. The largest absolute Gasteiger partial charge is 0.449 e. The zero-order chi connectivity index (χ0) is 24.3. The van der Waals surface area contributed by atoms with Crippen molar-refractivity contribution in [2.75, 3.05) is 37.4 Å². The molecule has 0 saturated carbocycles. The van der Waals surface area contributed by atoms with E-state index in [1.165, 1.54) is 39.2 Å². The molecule has 0 bridgehead atoms. The minimum absolute atomic E-state index is 0.0517. The van der Waals surface area contributed by atoms with Crippen LogP contribution < -0.4 is 16.0 Å². The van der Waals surface area contributed by atoms with Crippen LogP contribution in [0.15, 0.2) is 34.5 Å². The van der Waals surface area contributed by atoms with Gasteiger partial charge in [0.25, 0.3) is 11.8 Å². The van der Waals surface area contributed by atoms with Gasteiger partial charge in [-0.2, -0.15) is 0 Å². The summed E-state index contributed by atoms with van der Waals surface area (Å²) in [4.78, 5) is 39.0. The van der Waals surface area contributed by atoms with Gasteiger partial charge < -0.3 is 20.7 Å². The molecule has 1 fully saturated rings. The molecule has 3 rings (SSSR count). The van der Waals surface area contributed by atoms with E-state index in [-0.39, 0.29) is 21.0 Å². The summed E-state index contributed by atoms with van der Waals surface area (Å²) in [5.74, 6) is -2.16. The maximum Gasteiger partial charge on any atom is 0.341 e. The number of esters is 1. The number of ether oxygens (including phenoxy) is 1. The zero-order valence-corrected chi connectivity index (χ0v) is 20.2. The molecule has 1 unspecified atom stereocenters. The maximum absolute atomic E-state index is 13.1. The van der Waals surface area contributed by atoms with Crippen molar-refractivity contribution in [1.82, 2.24) is 4.31 Å². The predicted octanol–water partition coefficient (Wildman–Crippen LogP) is 1.88. The second-order valence-corrected chi connectivity index (χ2v) is 10.8. The first-order chi connectivity index (χ1) is 15.5. The number of nitrogens with two attached hydrogens (primary N) is 1. The number of nitrogens with zero attached hydrogens (tertiary/aromatic N) is 2. The van der Waals surface area contributed by atoms with Crippen molar-refractivity contribution in [3.63, 3.8) is 0 Å². The molecule has 2 aromatic rings. The molecule has 33 heavy (non-hydrogen) atoms. The van der Waals surface area contributed by atoms with Crippen LogP contribution in [0.2, 0.25) is 0 Å². The highest BCUT2D eigenvalue weighted by atomic mass is 32.2. The number of sulfonamides is 1. The first-order valence-corrected chi connectivity index (χ1v) is 12.5. The van der Waals surface area contributed by atoms with Crippen LogP contribution in [0.5, 0.6) is 0 Å². The summed E-state index contributed by atoms with van der Waals surface area (Å²) < 4.78 is 31.6. The van der Waals surface area contributed by atoms with Gasteiger partial charge in [-0.05, 0) is 49.4 Å². The molecular weight excluding hydrogens is 468 g/mol. The van der Waals surface area contributed by atoms with Crippen molar-refractivity contribution < 1.29 is 27.5 Å². The molecule has 2 heterocycles. The Morgan fingerprint density at radius 1 is 1.15 bits per heavy atom. The number of benzene rings is 1. The van der Waals surface area contributed by atoms with Crippen molar-refractivity contribution in [2.45, 2.75) is 30.8 Å². The lowest BCUT2D eigenvalue weighted by atomic mass is 10.1. The molecule has 0 aliphatic carbocycles. The van der Waals surface area contributed by atoms with Gasteiger partial charge in [-0.15, -0.1) is 11.3 Å². The summed E-state index contributed by atoms with van der Waals surface area (Å²) in [6, 6.07) is 5.81. The van der Waals surface area contributed by atoms with E-state index in [2.05, 4.69) is 5.32 Å². The van der Waals surface area contributed by atoms with E-state index in [1.807, 2.05) is 4.90 Å². The Labute approximate surface area is 196 Å². The lowest BCUT2D eigenvalue weighted by molar-refractivity contribution is -0.123. The number of thiophene rings is 1. The molecule has 178 valence electrons. The monoisotopic (exact) mass is 494 g/mol. The molecule has 1 aromatic heterocycles. The van der Waals surface area contributed by atoms with Gasteiger partial charge in [0.15, 0.2) is 6.10 Å². The maximum atomic E-state index is 13.1. The molecule has 0 spiro atoms. The number of hydrogen-bond acceptors (Lipinski definition) is 8. The normalized spacial score (nSPS) is 14.8. The first-order valence-electron chi connectivity index (χ1n) is 10.2. The van der Waals surface area contributed by atoms with Crippen LogP contribution in [0.25, 0.3) is 0 Å². The molecule has 12 heteroatoms. The van der Waals surface area contributed by atoms with Crippen LogP contribution in [0, 0.1) is 0 Å². The Kier molecular flexibility index (Phi) is 7.40. The minimum Gasteiger partial charge on any atom is -0.449 e. The molecule has 3 N–H and O–H groups in total. The van der Waals surface area contributed by atoms with E-state index >= 15 is 0 Å². The van der Waals surface area contributed by atoms with Gasteiger partial charge in [0, 0.05) is 27.2 Å². The number of anilines is 2. The highest BCUT2D eigenvalue weighted by Gasteiger charge is 2.28. The predicted molar refractivity (Wildman–Crippen MR) is 125 cm³/mol. The van der Waals surface area contributed by atoms with E-state index in [9.17, 15) is 22.8 Å². The van der Waals surface area contributed by atoms with E-state index in [1.54, 1.807) is 11.4 Å². The average molecular weight is 495 g/mol. The van der Waals surface area contributed by atoms with Crippen molar-refractivity contribution >= 4 is 49.8 Å². The van der Waals surface area contributed by atoms with Crippen molar-refractivity contribution in [3.05, 3.63) is 40.8 Å². The Morgan fingerprint density at radius 2 is 1.82 bits per heavy atom. The van der Waals surface area contributed by atoms with Crippen molar-refractivity contribution in [1.29, 1.82) is 0 Å². The summed E-state index contributed by atoms with van der Waals surface area (Å²) in [5, 5.41) is 4.40.